The summed E-state index contributed by atoms with van der Waals surface area (Å²) in [4.78, 5) is 37.0. The van der Waals surface area contributed by atoms with Crippen LogP contribution in [-0.4, -0.2) is 33.8 Å². The minimum absolute atomic E-state index is 0.0236. The molecule has 0 bridgehead atoms. The molecule has 0 amide bonds. The number of nitro groups is 1. The van der Waals surface area contributed by atoms with E-state index in [-0.39, 0.29) is 10.9 Å². The lowest BCUT2D eigenvalue weighted by atomic mass is 10.4. The Bertz CT molecular complexity index is 554. The summed E-state index contributed by atoms with van der Waals surface area (Å²) < 4.78 is 5.37. The molecule has 0 aliphatic heterocycles. The summed E-state index contributed by atoms with van der Waals surface area (Å²) in [6.07, 6.45) is 1.65. The average molecular weight is 273 g/mol. The smallest absolute Gasteiger partial charge is 0.355 e. The van der Waals surface area contributed by atoms with Gasteiger partial charge >= 0.3 is 17.2 Å². The molecule has 1 aromatic heterocycles. The molecule has 0 atom stereocenters. The predicted molar refractivity (Wildman–Crippen MR) is 63.7 cm³/mol. The first-order valence-electron chi connectivity index (χ1n) is 4.79. The van der Waals surface area contributed by atoms with E-state index >= 15 is 0 Å². The molecular formula is C9H11N3O5S. The van der Waals surface area contributed by atoms with Crippen molar-refractivity contribution in [2.24, 2.45) is 0 Å². The van der Waals surface area contributed by atoms with Gasteiger partial charge in [-0.25, -0.2) is 4.98 Å². The molecule has 0 saturated carbocycles. The molecule has 0 N–H and O–H groups in total. The van der Waals surface area contributed by atoms with E-state index in [0.717, 1.165) is 16.3 Å². The highest BCUT2D eigenvalue weighted by Crippen LogP contribution is 2.16. The number of hydrogen-bond donors (Lipinski definition) is 0. The number of esters is 1. The van der Waals surface area contributed by atoms with E-state index < -0.39 is 28.7 Å². The molecular weight excluding hydrogens is 262 g/mol. The first-order valence-corrected chi connectivity index (χ1v) is 6.01. The van der Waals surface area contributed by atoms with E-state index in [0.29, 0.717) is 0 Å². The summed E-state index contributed by atoms with van der Waals surface area (Å²) >= 11 is 1.12. The zero-order chi connectivity index (χ0) is 13.9. The van der Waals surface area contributed by atoms with E-state index in [4.69, 9.17) is 0 Å². The number of thioether (sulfide) groups is 1. The van der Waals surface area contributed by atoms with Crippen LogP contribution in [0.1, 0.15) is 5.69 Å². The van der Waals surface area contributed by atoms with Crippen LogP contribution in [0.5, 0.6) is 0 Å². The van der Waals surface area contributed by atoms with E-state index in [2.05, 4.69) is 9.72 Å². The molecule has 8 nitrogen and oxygen atoms in total. The van der Waals surface area contributed by atoms with Crippen molar-refractivity contribution in [3.8, 4) is 0 Å². The largest absolute Gasteiger partial charge is 0.468 e. The number of ether oxygens (including phenoxy) is 1. The molecule has 0 saturated heterocycles. The normalized spacial score (nSPS) is 10.2. The minimum Gasteiger partial charge on any atom is -0.468 e. The molecule has 98 valence electrons. The average Bonchev–Trinajstić information content (AvgIpc) is 2.31. The number of aromatic nitrogens is 2. The van der Waals surface area contributed by atoms with Gasteiger partial charge in [-0.1, -0.05) is 11.8 Å². The Balaban J connectivity index is 3.47. The molecule has 18 heavy (non-hydrogen) atoms. The standard InChI is InChI=1S/C9H11N3O5S/c1-5-7(12(15)16)8(14)11(4-6(13)17-2)9(10-5)18-3/h4H2,1-3H3. The summed E-state index contributed by atoms with van der Waals surface area (Å²) in [5, 5.41) is 11.0. The summed E-state index contributed by atoms with van der Waals surface area (Å²) in [6.45, 7) is 0.974. The zero-order valence-corrected chi connectivity index (χ0v) is 10.8. The van der Waals surface area contributed by atoms with Gasteiger partial charge < -0.3 is 4.74 Å². The maximum Gasteiger partial charge on any atom is 0.355 e. The lowest BCUT2D eigenvalue weighted by molar-refractivity contribution is -0.387. The summed E-state index contributed by atoms with van der Waals surface area (Å²) in [5.41, 5.74) is -1.46. The van der Waals surface area contributed by atoms with E-state index in [1.54, 1.807) is 6.26 Å². The maximum absolute atomic E-state index is 11.9. The van der Waals surface area contributed by atoms with Gasteiger partial charge in [0.15, 0.2) is 5.16 Å². The van der Waals surface area contributed by atoms with Gasteiger partial charge in [0.25, 0.3) is 0 Å². The molecule has 0 aliphatic carbocycles. The molecule has 9 heteroatoms. The van der Waals surface area contributed by atoms with Gasteiger partial charge in [-0.3, -0.25) is 24.3 Å². The van der Waals surface area contributed by atoms with E-state index in [9.17, 15) is 19.7 Å². The fourth-order valence-corrected chi connectivity index (χ4v) is 1.92. The second kappa shape index (κ2) is 5.63. The number of nitrogens with zero attached hydrogens (tertiary/aromatic N) is 3. The van der Waals surface area contributed by atoms with Crippen molar-refractivity contribution in [1.29, 1.82) is 0 Å². The van der Waals surface area contributed by atoms with Crippen molar-refractivity contribution in [3.05, 3.63) is 26.2 Å². The topological polar surface area (TPSA) is 104 Å². The van der Waals surface area contributed by atoms with E-state index in [1.165, 1.54) is 14.0 Å². The molecule has 0 aliphatic rings. The van der Waals surface area contributed by atoms with Gasteiger partial charge in [-0.2, -0.15) is 0 Å². The van der Waals surface area contributed by atoms with Gasteiger partial charge in [0.2, 0.25) is 0 Å². The first-order chi connectivity index (χ1) is 8.42. The SMILES string of the molecule is COC(=O)Cn1c(SC)nc(C)c([N+](=O)[O-])c1=O. The van der Waals surface area contributed by atoms with Crippen LogP contribution in [-0.2, 0) is 16.1 Å². The van der Waals surface area contributed by atoms with Crippen LogP contribution in [0.15, 0.2) is 9.95 Å². The summed E-state index contributed by atoms with van der Waals surface area (Å²) in [6, 6.07) is 0. The molecule has 1 aromatic rings. The van der Waals surface area contributed by atoms with Gasteiger partial charge in [0.05, 0.1) is 12.0 Å². The van der Waals surface area contributed by atoms with Gasteiger partial charge in [0.1, 0.15) is 12.2 Å². The van der Waals surface area contributed by atoms with Crippen LogP contribution >= 0.6 is 11.8 Å². The number of methoxy groups -OCH3 is 1. The Morgan fingerprint density at radius 2 is 2.22 bits per heavy atom. The third kappa shape index (κ3) is 2.67. The van der Waals surface area contributed by atoms with Crippen molar-refractivity contribution >= 4 is 23.4 Å². The molecule has 0 spiro atoms. The predicted octanol–water partition coefficient (Wildman–Crippen LogP) is 0.355. The summed E-state index contributed by atoms with van der Waals surface area (Å²) in [5.74, 6) is -0.674. The van der Waals surface area contributed by atoms with Crippen LogP contribution in [0, 0.1) is 17.0 Å². The van der Waals surface area contributed by atoms with Crippen molar-refractivity contribution in [2.45, 2.75) is 18.6 Å². The Hall–Kier alpha value is -1.90. The van der Waals surface area contributed by atoms with Crippen LogP contribution in [0.25, 0.3) is 0 Å². The Labute approximate surface area is 106 Å². The number of aryl methyl sites for hydroxylation is 1. The fourth-order valence-electron chi connectivity index (χ4n) is 1.33. The highest BCUT2D eigenvalue weighted by molar-refractivity contribution is 7.98. The van der Waals surface area contributed by atoms with Crippen molar-refractivity contribution < 1.29 is 14.5 Å². The van der Waals surface area contributed by atoms with Gasteiger partial charge in [-0.05, 0) is 13.2 Å². The Kier molecular flexibility index (Phi) is 4.43. The molecule has 0 unspecified atom stereocenters. The fraction of sp³-hybridized carbons (Fsp3) is 0.444. The summed E-state index contributed by atoms with van der Waals surface area (Å²) in [7, 11) is 1.17. The zero-order valence-electron chi connectivity index (χ0n) is 10.00. The number of hydrogen-bond acceptors (Lipinski definition) is 7. The third-order valence-electron chi connectivity index (χ3n) is 2.16. The van der Waals surface area contributed by atoms with Crippen molar-refractivity contribution in [2.75, 3.05) is 13.4 Å². The maximum atomic E-state index is 11.9. The lowest BCUT2D eigenvalue weighted by Gasteiger charge is -2.09. The minimum atomic E-state index is -0.859. The van der Waals surface area contributed by atoms with E-state index in [1.807, 2.05) is 0 Å². The van der Waals surface area contributed by atoms with Gasteiger partial charge in [0, 0.05) is 0 Å². The first kappa shape index (κ1) is 14.2. The molecule has 1 heterocycles. The van der Waals surface area contributed by atoms with Crippen molar-refractivity contribution in [1.82, 2.24) is 9.55 Å². The monoisotopic (exact) mass is 273 g/mol. The second-order valence-corrected chi connectivity index (χ2v) is 4.03. The molecule has 1 rings (SSSR count). The van der Waals surface area contributed by atoms with Crippen LogP contribution < -0.4 is 5.56 Å². The molecule has 0 fully saturated rings. The highest BCUT2D eigenvalue weighted by atomic mass is 32.2. The molecule has 0 radical (unpaired) electrons. The van der Waals surface area contributed by atoms with Crippen molar-refractivity contribution in [3.63, 3.8) is 0 Å². The third-order valence-corrected chi connectivity index (χ3v) is 2.84. The highest BCUT2D eigenvalue weighted by Gasteiger charge is 2.24. The number of carbonyl (C=O) groups excluding carboxylic acids is 1. The Morgan fingerprint density at radius 1 is 1.61 bits per heavy atom. The van der Waals surface area contributed by atoms with Crippen LogP contribution in [0.2, 0.25) is 0 Å². The number of rotatable bonds is 4. The van der Waals surface area contributed by atoms with Gasteiger partial charge in [-0.15, -0.1) is 0 Å². The lowest BCUT2D eigenvalue weighted by Crippen LogP contribution is -2.29. The van der Waals surface area contributed by atoms with Crippen LogP contribution in [0.3, 0.4) is 0 Å². The molecule has 0 aromatic carbocycles. The Morgan fingerprint density at radius 3 is 2.67 bits per heavy atom. The number of carbonyl (C=O) groups is 1. The quantitative estimate of drug-likeness (QED) is 0.256. The van der Waals surface area contributed by atoms with Crippen LogP contribution in [0.4, 0.5) is 5.69 Å². The second-order valence-electron chi connectivity index (χ2n) is 3.26.